The Morgan fingerprint density at radius 2 is 1.04 bits per heavy atom. The minimum Gasteiger partial charge on any atom is -0.506 e. The van der Waals surface area contributed by atoms with Crippen molar-refractivity contribution in [2.24, 2.45) is 0 Å². The Labute approximate surface area is 297 Å². The number of aromatic carboxylic acids is 2. The molecular weight excluding hydrogens is 760 g/mol. The van der Waals surface area contributed by atoms with Crippen LogP contribution in [0.1, 0.15) is 42.2 Å². The van der Waals surface area contributed by atoms with E-state index in [0.29, 0.717) is 61.5 Å². The molecule has 0 saturated carbocycles. The van der Waals surface area contributed by atoms with E-state index in [-0.39, 0.29) is 28.5 Å². The highest BCUT2D eigenvalue weighted by Gasteiger charge is 2.14. The summed E-state index contributed by atoms with van der Waals surface area (Å²) in [6.45, 7) is 0.643. The number of phenols is 2. The molecule has 0 atom stereocenters. The first-order chi connectivity index (χ1) is 23.4. The Morgan fingerprint density at radius 3 is 1.51 bits per heavy atom. The Kier molecular flexibility index (Phi) is 10.7. The van der Waals surface area contributed by atoms with Gasteiger partial charge in [-0.25, -0.2) is 9.59 Å². The Bertz CT molecular complexity index is 2090. The number of halogens is 2. The number of carbonyl (C=O) groups is 3. The molecule has 5 rings (SSSR count). The van der Waals surface area contributed by atoms with Crippen LogP contribution in [0.5, 0.6) is 11.5 Å². The number of amides is 1. The summed E-state index contributed by atoms with van der Waals surface area (Å²) in [6.07, 6.45) is 0. The van der Waals surface area contributed by atoms with Crippen molar-refractivity contribution in [3.8, 4) is 22.6 Å². The third-order valence-electron chi connectivity index (χ3n) is 7.65. The monoisotopic (exact) mass is 788 g/mol. The van der Waals surface area contributed by atoms with Crippen LogP contribution in [-0.4, -0.2) is 45.3 Å². The largest absolute Gasteiger partial charge is 0.506 e. The van der Waals surface area contributed by atoms with Crippen LogP contribution >= 0.6 is 31.9 Å². The molecule has 0 aliphatic carbocycles. The number of hydrogen-bond acceptors (Lipinski definition) is 8. The lowest BCUT2D eigenvalue weighted by molar-refractivity contribution is 0.0686. The molecule has 0 heterocycles. The SMILES string of the molecule is CNC(=O)c1ccc(Nc2ccc(-c3ccc(NCc4ccc(C(=O)O)cc4Br)c(O)c3)cc2O)c(NCc2ccc(C(=O)O)cc2Br)c1. The average Bonchev–Trinajstić information content (AvgIpc) is 3.08. The van der Waals surface area contributed by atoms with Crippen molar-refractivity contribution >= 4 is 72.5 Å². The number of carboxylic acid groups (broad SMARTS) is 2. The summed E-state index contributed by atoms with van der Waals surface area (Å²) >= 11 is 6.82. The summed E-state index contributed by atoms with van der Waals surface area (Å²) in [7, 11) is 1.54. The summed E-state index contributed by atoms with van der Waals surface area (Å²) in [5, 5.41) is 52.5. The van der Waals surface area contributed by atoms with E-state index >= 15 is 0 Å². The third-order valence-corrected chi connectivity index (χ3v) is 9.12. The molecule has 0 aliphatic rings. The minimum absolute atomic E-state index is 0.00590. The summed E-state index contributed by atoms with van der Waals surface area (Å²) in [5.41, 5.74) is 5.66. The summed E-state index contributed by atoms with van der Waals surface area (Å²) in [5.74, 6) is -2.39. The fourth-order valence-corrected chi connectivity index (χ4v) is 5.97. The zero-order chi connectivity index (χ0) is 35.2. The first-order valence-corrected chi connectivity index (χ1v) is 16.3. The highest BCUT2D eigenvalue weighted by atomic mass is 79.9. The minimum atomic E-state index is -1.03. The second-order valence-corrected chi connectivity index (χ2v) is 12.6. The number of nitrogens with one attached hydrogen (secondary N) is 4. The maximum absolute atomic E-state index is 12.4. The zero-order valence-corrected chi connectivity index (χ0v) is 29.0. The highest BCUT2D eigenvalue weighted by molar-refractivity contribution is 9.10. The molecule has 11 nitrogen and oxygen atoms in total. The molecular formula is C36H30Br2N4O7. The number of anilines is 4. The van der Waals surface area contributed by atoms with Crippen LogP contribution in [0, 0.1) is 0 Å². The molecule has 1 amide bonds. The van der Waals surface area contributed by atoms with Crippen LogP contribution in [0.15, 0.2) is 99.9 Å². The lowest BCUT2D eigenvalue weighted by Gasteiger charge is -2.17. The molecule has 8 N–H and O–H groups in total. The van der Waals surface area contributed by atoms with Gasteiger partial charge in [0.2, 0.25) is 0 Å². The molecule has 0 radical (unpaired) electrons. The highest BCUT2D eigenvalue weighted by Crippen LogP contribution is 2.37. The molecule has 0 aliphatic heterocycles. The van der Waals surface area contributed by atoms with E-state index in [4.69, 9.17) is 0 Å². The molecule has 5 aromatic carbocycles. The predicted molar refractivity (Wildman–Crippen MR) is 195 cm³/mol. The van der Waals surface area contributed by atoms with Gasteiger partial charge in [0, 0.05) is 34.6 Å². The Hall–Kier alpha value is -5.53. The molecule has 0 bridgehead atoms. The van der Waals surface area contributed by atoms with Crippen LogP contribution < -0.4 is 21.3 Å². The topological polar surface area (TPSA) is 180 Å². The molecule has 0 spiro atoms. The van der Waals surface area contributed by atoms with Gasteiger partial charge in [-0.1, -0.05) is 56.1 Å². The summed E-state index contributed by atoms with van der Waals surface area (Å²) < 4.78 is 1.24. The lowest BCUT2D eigenvalue weighted by Crippen LogP contribution is -2.18. The quantitative estimate of drug-likeness (QED) is 0.0577. The third kappa shape index (κ3) is 8.31. The van der Waals surface area contributed by atoms with Gasteiger partial charge >= 0.3 is 11.9 Å². The van der Waals surface area contributed by atoms with Crippen molar-refractivity contribution in [1.82, 2.24) is 5.32 Å². The molecule has 5 aromatic rings. The number of benzene rings is 5. The van der Waals surface area contributed by atoms with Gasteiger partial charge in [-0.2, -0.15) is 0 Å². The van der Waals surface area contributed by atoms with E-state index in [1.54, 1.807) is 66.7 Å². The number of carbonyl (C=O) groups excluding carboxylic acids is 1. The first kappa shape index (κ1) is 34.8. The second kappa shape index (κ2) is 15.1. The molecule has 49 heavy (non-hydrogen) atoms. The van der Waals surface area contributed by atoms with Gasteiger partial charge in [0.15, 0.2) is 0 Å². The van der Waals surface area contributed by atoms with Gasteiger partial charge in [0.25, 0.3) is 5.91 Å². The summed E-state index contributed by atoms with van der Waals surface area (Å²) in [6, 6.07) is 24.6. The van der Waals surface area contributed by atoms with Gasteiger partial charge in [-0.05, 0) is 89.0 Å². The van der Waals surface area contributed by atoms with Gasteiger partial charge < -0.3 is 41.7 Å². The molecule has 250 valence electrons. The van der Waals surface area contributed by atoms with Crippen LogP contribution in [0.2, 0.25) is 0 Å². The van der Waals surface area contributed by atoms with E-state index in [0.717, 1.165) is 11.1 Å². The van der Waals surface area contributed by atoms with Crippen molar-refractivity contribution in [3.63, 3.8) is 0 Å². The zero-order valence-electron chi connectivity index (χ0n) is 25.8. The van der Waals surface area contributed by atoms with Gasteiger partial charge in [0.1, 0.15) is 11.5 Å². The number of aromatic hydroxyl groups is 2. The lowest BCUT2D eigenvalue weighted by atomic mass is 10.0. The van der Waals surface area contributed by atoms with E-state index in [1.807, 2.05) is 0 Å². The number of rotatable bonds is 12. The van der Waals surface area contributed by atoms with E-state index in [1.165, 1.54) is 31.3 Å². The van der Waals surface area contributed by atoms with Gasteiger partial charge in [-0.3, -0.25) is 4.79 Å². The summed E-state index contributed by atoms with van der Waals surface area (Å²) in [4.78, 5) is 34.9. The van der Waals surface area contributed by atoms with Gasteiger partial charge in [-0.15, -0.1) is 0 Å². The standard InChI is InChI=1S/C36H30Br2N4O7/c1-39-34(45)21-8-9-28(31(14-21)41-18-25-5-3-23(36(48)49)13-27(25)38)42-30-11-7-20(16-33(30)44)19-6-10-29(32(43)15-19)40-17-24-4-2-22(35(46)47)12-26(24)37/h2-16,40-44H,17-18H2,1H3,(H,39,45)(H,46,47)(H,48,49). The molecule has 13 heteroatoms. The fraction of sp³-hybridized carbons (Fsp3) is 0.0833. The van der Waals surface area contributed by atoms with Crippen molar-refractivity contribution < 1.29 is 34.8 Å². The number of phenolic OH excluding ortho intramolecular Hbond substituents is 2. The average molecular weight is 790 g/mol. The van der Waals surface area contributed by atoms with Crippen LogP contribution in [0.4, 0.5) is 22.7 Å². The Balaban J connectivity index is 1.32. The maximum Gasteiger partial charge on any atom is 0.335 e. The predicted octanol–water partition coefficient (Wildman–Crippen LogP) is 8.01. The number of carboxylic acids is 2. The van der Waals surface area contributed by atoms with E-state index < -0.39 is 11.9 Å². The molecule has 0 saturated heterocycles. The molecule has 0 unspecified atom stereocenters. The van der Waals surface area contributed by atoms with Crippen molar-refractivity contribution in [2.45, 2.75) is 13.1 Å². The van der Waals surface area contributed by atoms with E-state index in [9.17, 15) is 34.8 Å². The van der Waals surface area contributed by atoms with Crippen molar-refractivity contribution in [3.05, 3.63) is 128 Å². The van der Waals surface area contributed by atoms with E-state index in [2.05, 4.69) is 53.1 Å². The van der Waals surface area contributed by atoms with Crippen molar-refractivity contribution in [1.29, 1.82) is 0 Å². The smallest absolute Gasteiger partial charge is 0.335 e. The molecule has 0 aromatic heterocycles. The normalized spacial score (nSPS) is 10.7. The van der Waals surface area contributed by atoms with Crippen LogP contribution in [-0.2, 0) is 13.1 Å². The van der Waals surface area contributed by atoms with Crippen LogP contribution in [0.25, 0.3) is 11.1 Å². The maximum atomic E-state index is 12.4. The number of hydrogen-bond donors (Lipinski definition) is 8. The first-order valence-electron chi connectivity index (χ1n) is 14.7. The van der Waals surface area contributed by atoms with Crippen LogP contribution in [0.3, 0.4) is 0 Å². The Morgan fingerprint density at radius 1 is 0.571 bits per heavy atom. The van der Waals surface area contributed by atoms with Gasteiger partial charge in [0.05, 0.1) is 33.9 Å². The van der Waals surface area contributed by atoms with Crippen molar-refractivity contribution in [2.75, 3.05) is 23.0 Å². The fourth-order valence-electron chi connectivity index (χ4n) is 4.94. The second-order valence-electron chi connectivity index (χ2n) is 10.9. The molecule has 0 fully saturated rings.